The van der Waals surface area contributed by atoms with Crippen molar-refractivity contribution in [1.29, 1.82) is 0 Å². The van der Waals surface area contributed by atoms with E-state index in [9.17, 15) is 0 Å². The van der Waals surface area contributed by atoms with Gasteiger partial charge in [-0.1, -0.05) is 11.3 Å². The van der Waals surface area contributed by atoms with E-state index in [1.54, 1.807) is 25.6 Å². The first-order valence-electron chi connectivity index (χ1n) is 6.96. The summed E-state index contributed by atoms with van der Waals surface area (Å²) in [6.45, 7) is 0.729. The Balaban J connectivity index is 1.75. The van der Waals surface area contributed by atoms with Crippen molar-refractivity contribution < 1.29 is 9.47 Å². The molecule has 3 rings (SSSR count). The molecule has 0 bridgehead atoms. The van der Waals surface area contributed by atoms with Crippen LogP contribution in [0.4, 0.5) is 5.13 Å². The minimum Gasteiger partial charge on any atom is -0.497 e. The zero-order valence-corrected chi connectivity index (χ0v) is 13.3. The zero-order chi connectivity index (χ0) is 14.8. The van der Waals surface area contributed by atoms with Gasteiger partial charge >= 0.3 is 0 Å². The molecule has 21 heavy (non-hydrogen) atoms. The second kappa shape index (κ2) is 5.89. The van der Waals surface area contributed by atoms with Gasteiger partial charge in [-0.15, -0.1) is 10.2 Å². The fourth-order valence-electron chi connectivity index (χ4n) is 2.18. The number of methoxy groups -OCH3 is 2. The maximum absolute atomic E-state index is 5.44. The molecule has 1 aliphatic carbocycles. The summed E-state index contributed by atoms with van der Waals surface area (Å²) in [7, 11) is 5.36. The summed E-state index contributed by atoms with van der Waals surface area (Å²) < 4.78 is 10.7. The van der Waals surface area contributed by atoms with Crippen LogP contribution in [0.15, 0.2) is 18.2 Å². The fourth-order valence-corrected chi connectivity index (χ4v) is 3.15. The topological polar surface area (TPSA) is 47.5 Å². The van der Waals surface area contributed by atoms with Crippen LogP contribution in [0.5, 0.6) is 11.5 Å². The summed E-state index contributed by atoms with van der Waals surface area (Å²) in [5.74, 6) is 2.28. The molecular weight excluding hydrogens is 286 g/mol. The number of hydrogen-bond donors (Lipinski definition) is 0. The van der Waals surface area contributed by atoms with E-state index in [2.05, 4.69) is 15.1 Å². The highest BCUT2D eigenvalue weighted by atomic mass is 32.1. The standard InChI is InChI=1S/C15H19N3O2S/c1-18(15-17-16-14(21-15)10-4-5-10)9-11-6-7-12(19-2)8-13(11)20-3/h6-8,10H,4-5,9H2,1-3H3. The van der Waals surface area contributed by atoms with Crippen molar-refractivity contribution in [2.75, 3.05) is 26.2 Å². The zero-order valence-electron chi connectivity index (χ0n) is 12.5. The van der Waals surface area contributed by atoms with E-state index >= 15 is 0 Å². The Kier molecular flexibility index (Phi) is 3.96. The van der Waals surface area contributed by atoms with Crippen LogP contribution in [0.3, 0.4) is 0 Å². The van der Waals surface area contributed by atoms with Crippen molar-refractivity contribution in [1.82, 2.24) is 10.2 Å². The van der Waals surface area contributed by atoms with Crippen LogP contribution in [-0.2, 0) is 6.54 Å². The quantitative estimate of drug-likeness (QED) is 0.821. The Morgan fingerprint density at radius 3 is 2.71 bits per heavy atom. The van der Waals surface area contributed by atoms with Crippen LogP contribution in [-0.4, -0.2) is 31.5 Å². The van der Waals surface area contributed by atoms with Gasteiger partial charge in [-0.05, 0) is 25.0 Å². The van der Waals surface area contributed by atoms with Crippen molar-refractivity contribution in [2.45, 2.75) is 25.3 Å². The number of anilines is 1. The van der Waals surface area contributed by atoms with E-state index in [1.807, 2.05) is 25.2 Å². The second-order valence-electron chi connectivity index (χ2n) is 5.23. The second-order valence-corrected chi connectivity index (χ2v) is 6.22. The molecule has 0 amide bonds. The molecule has 0 saturated heterocycles. The van der Waals surface area contributed by atoms with Crippen molar-refractivity contribution in [3.8, 4) is 11.5 Å². The molecule has 0 aliphatic heterocycles. The number of hydrogen-bond acceptors (Lipinski definition) is 6. The molecule has 6 heteroatoms. The number of aromatic nitrogens is 2. The van der Waals surface area contributed by atoms with Crippen LogP contribution in [0, 0.1) is 0 Å². The summed E-state index contributed by atoms with van der Waals surface area (Å²) in [6.07, 6.45) is 2.51. The van der Waals surface area contributed by atoms with E-state index in [4.69, 9.17) is 9.47 Å². The Morgan fingerprint density at radius 1 is 1.24 bits per heavy atom. The predicted octanol–water partition coefficient (Wildman–Crippen LogP) is 3.07. The van der Waals surface area contributed by atoms with Gasteiger partial charge in [0.2, 0.25) is 5.13 Å². The van der Waals surface area contributed by atoms with E-state index < -0.39 is 0 Å². The highest BCUT2D eigenvalue weighted by Crippen LogP contribution is 2.42. The van der Waals surface area contributed by atoms with Gasteiger partial charge in [0.25, 0.3) is 0 Å². The average molecular weight is 305 g/mol. The monoisotopic (exact) mass is 305 g/mol. The minimum absolute atomic E-state index is 0.653. The lowest BCUT2D eigenvalue weighted by Crippen LogP contribution is -2.16. The van der Waals surface area contributed by atoms with Crippen LogP contribution < -0.4 is 14.4 Å². The Hall–Kier alpha value is -1.82. The SMILES string of the molecule is COc1ccc(CN(C)c2nnc(C3CC3)s2)c(OC)c1. The molecule has 112 valence electrons. The molecule has 1 heterocycles. The maximum atomic E-state index is 5.44. The predicted molar refractivity (Wildman–Crippen MR) is 83.5 cm³/mol. The molecule has 2 aromatic rings. The van der Waals surface area contributed by atoms with Gasteiger partial charge in [0.05, 0.1) is 14.2 Å². The third kappa shape index (κ3) is 3.10. The van der Waals surface area contributed by atoms with Crippen LogP contribution in [0.2, 0.25) is 0 Å². The fraction of sp³-hybridized carbons (Fsp3) is 0.467. The smallest absolute Gasteiger partial charge is 0.208 e. The molecule has 0 N–H and O–H groups in total. The molecule has 0 unspecified atom stereocenters. The van der Waals surface area contributed by atoms with Crippen LogP contribution >= 0.6 is 11.3 Å². The lowest BCUT2D eigenvalue weighted by molar-refractivity contribution is 0.391. The van der Waals surface area contributed by atoms with E-state index in [-0.39, 0.29) is 0 Å². The normalized spacial score (nSPS) is 14.0. The summed E-state index contributed by atoms with van der Waals surface area (Å²) in [5, 5.41) is 10.7. The number of nitrogens with zero attached hydrogens (tertiary/aromatic N) is 3. The molecule has 1 aromatic heterocycles. The van der Waals surface area contributed by atoms with Gasteiger partial charge in [0, 0.05) is 31.1 Å². The van der Waals surface area contributed by atoms with Crippen molar-refractivity contribution in [2.24, 2.45) is 0 Å². The van der Waals surface area contributed by atoms with E-state index in [0.29, 0.717) is 5.92 Å². The summed E-state index contributed by atoms with van der Waals surface area (Å²) in [6, 6.07) is 5.87. The van der Waals surface area contributed by atoms with Crippen molar-refractivity contribution in [3.63, 3.8) is 0 Å². The Labute approximate surface area is 128 Å². The lowest BCUT2D eigenvalue weighted by atomic mass is 10.2. The summed E-state index contributed by atoms with van der Waals surface area (Å²) in [4.78, 5) is 2.11. The Bertz CT molecular complexity index is 625. The molecule has 0 atom stereocenters. The summed E-state index contributed by atoms with van der Waals surface area (Å²) in [5.41, 5.74) is 1.10. The lowest BCUT2D eigenvalue weighted by Gasteiger charge is -2.17. The molecule has 1 fully saturated rings. The van der Waals surface area contributed by atoms with Crippen molar-refractivity contribution in [3.05, 3.63) is 28.8 Å². The van der Waals surface area contributed by atoms with Crippen LogP contribution in [0.1, 0.15) is 29.3 Å². The minimum atomic E-state index is 0.653. The largest absolute Gasteiger partial charge is 0.497 e. The van der Waals surface area contributed by atoms with Crippen molar-refractivity contribution >= 4 is 16.5 Å². The van der Waals surface area contributed by atoms with E-state index in [1.165, 1.54) is 17.8 Å². The summed E-state index contributed by atoms with van der Waals surface area (Å²) >= 11 is 1.69. The first-order valence-corrected chi connectivity index (χ1v) is 7.78. The van der Waals surface area contributed by atoms with Crippen LogP contribution in [0.25, 0.3) is 0 Å². The third-order valence-electron chi connectivity index (χ3n) is 3.58. The maximum Gasteiger partial charge on any atom is 0.208 e. The van der Waals surface area contributed by atoms with Gasteiger partial charge in [0.15, 0.2) is 0 Å². The molecule has 1 aromatic carbocycles. The average Bonchev–Trinajstić information content (AvgIpc) is 3.24. The Morgan fingerprint density at radius 2 is 2.05 bits per heavy atom. The van der Waals surface area contributed by atoms with Gasteiger partial charge in [0.1, 0.15) is 16.5 Å². The van der Waals surface area contributed by atoms with Gasteiger partial charge in [-0.3, -0.25) is 0 Å². The molecular formula is C15H19N3O2S. The van der Waals surface area contributed by atoms with Gasteiger partial charge in [-0.25, -0.2) is 0 Å². The first kappa shape index (κ1) is 14.1. The highest BCUT2D eigenvalue weighted by molar-refractivity contribution is 7.15. The van der Waals surface area contributed by atoms with Gasteiger partial charge in [-0.2, -0.15) is 0 Å². The first-order chi connectivity index (χ1) is 10.2. The molecule has 5 nitrogen and oxygen atoms in total. The van der Waals surface area contributed by atoms with E-state index in [0.717, 1.165) is 28.7 Å². The van der Waals surface area contributed by atoms with Gasteiger partial charge < -0.3 is 14.4 Å². The third-order valence-corrected chi connectivity index (χ3v) is 4.78. The number of ether oxygens (including phenoxy) is 2. The molecule has 0 spiro atoms. The molecule has 1 saturated carbocycles. The molecule has 1 aliphatic rings. The molecule has 0 radical (unpaired) electrons. The number of benzene rings is 1. The number of rotatable bonds is 6. The highest BCUT2D eigenvalue weighted by Gasteiger charge is 2.28.